The maximum absolute atomic E-state index is 6.36. The minimum absolute atomic E-state index is 0.209. The van der Waals surface area contributed by atoms with Gasteiger partial charge in [0.1, 0.15) is 0 Å². The standard InChI is InChI=1S/C14H30N2O/c1-7-12(15)13(14(4,5)6)16-8-11(3)17-9-10(16)2/h10-13H,7-9,15H2,1-6H3. The Balaban J connectivity index is 2.88. The molecule has 1 aliphatic rings. The van der Waals surface area contributed by atoms with Crippen molar-refractivity contribution in [3.05, 3.63) is 0 Å². The van der Waals surface area contributed by atoms with E-state index in [1.165, 1.54) is 0 Å². The lowest BCUT2D eigenvalue weighted by atomic mass is 9.79. The lowest BCUT2D eigenvalue weighted by Crippen LogP contribution is -2.61. The van der Waals surface area contributed by atoms with E-state index < -0.39 is 0 Å². The summed E-state index contributed by atoms with van der Waals surface area (Å²) in [5.41, 5.74) is 6.57. The third-order valence-electron chi connectivity index (χ3n) is 3.78. The van der Waals surface area contributed by atoms with Crippen LogP contribution in [0.5, 0.6) is 0 Å². The van der Waals surface area contributed by atoms with Crippen molar-refractivity contribution < 1.29 is 4.74 Å². The second-order valence-corrected chi connectivity index (χ2v) is 6.57. The van der Waals surface area contributed by atoms with Crippen molar-refractivity contribution in [1.82, 2.24) is 4.90 Å². The predicted octanol–water partition coefficient (Wildman–Crippen LogP) is 2.25. The van der Waals surface area contributed by atoms with Crippen LogP contribution in [0.1, 0.15) is 48.0 Å². The largest absolute Gasteiger partial charge is 0.376 e. The van der Waals surface area contributed by atoms with E-state index in [1.807, 2.05) is 0 Å². The van der Waals surface area contributed by atoms with Gasteiger partial charge in [0.25, 0.3) is 0 Å². The summed E-state index contributed by atoms with van der Waals surface area (Å²) in [7, 11) is 0. The molecule has 0 aromatic carbocycles. The van der Waals surface area contributed by atoms with E-state index in [0.717, 1.165) is 19.6 Å². The number of hydrogen-bond acceptors (Lipinski definition) is 3. The van der Waals surface area contributed by atoms with Crippen LogP contribution < -0.4 is 5.73 Å². The predicted molar refractivity (Wildman–Crippen MR) is 73.1 cm³/mol. The maximum atomic E-state index is 6.36. The van der Waals surface area contributed by atoms with E-state index in [0.29, 0.717) is 18.2 Å². The molecule has 0 saturated carbocycles. The van der Waals surface area contributed by atoms with Gasteiger partial charge in [-0.2, -0.15) is 0 Å². The highest BCUT2D eigenvalue weighted by Gasteiger charge is 2.39. The van der Waals surface area contributed by atoms with Gasteiger partial charge < -0.3 is 10.5 Å². The molecule has 0 radical (unpaired) electrons. The van der Waals surface area contributed by atoms with Crippen LogP contribution in [0.4, 0.5) is 0 Å². The van der Waals surface area contributed by atoms with Crippen LogP contribution in [0.3, 0.4) is 0 Å². The van der Waals surface area contributed by atoms with Gasteiger partial charge in [-0.15, -0.1) is 0 Å². The molecule has 102 valence electrons. The molecule has 4 atom stereocenters. The van der Waals surface area contributed by atoms with Gasteiger partial charge in [-0.05, 0) is 25.7 Å². The fourth-order valence-electron chi connectivity index (χ4n) is 2.93. The highest BCUT2D eigenvalue weighted by molar-refractivity contribution is 4.94. The summed E-state index contributed by atoms with van der Waals surface area (Å²) in [5.74, 6) is 0. The molecule has 3 heteroatoms. The Kier molecular flexibility index (Phi) is 4.99. The first-order valence-electron chi connectivity index (χ1n) is 6.90. The van der Waals surface area contributed by atoms with Crippen LogP contribution in [0, 0.1) is 5.41 Å². The Bertz CT molecular complexity index is 237. The van der Waals surface area contributed by atoms with Crippen molar-refractivity contribution in [2.24, 2.45) is 11.1 Å². The van der Waals surface area contributed by atoms with Crippen LogP contribution in [-0.4, -0.2) is 42.3 Å². The molecule has 4 unspecified atom stereocenters. The molecule has 2 N–H and O–H groups in total. The molecule has 0 amide bonds. The summed E-state index contributed by atoms with van der Waals surface area (Å²) >= 11 is 0. The van der Waals surface area contributed by atoms with Crippen molar-refractivity contribution in [2.75, 3.05) is 13.2 Å². The summed E-state index contributed by atoms with van der Waals surface area (Å²) in [6.45, 7) is 15.3. The highest BCUT2D eigenvalue weighted by atomic mass is 16.5. The van der Waals surface area contributed by atoms with Crippen molar-refractivity contribution >= 4 is 0 Å². The molecule has 1 heterocycles. The topological polar surface area (TPSA) is 38.5 Å². The van der Waals surface area contributed by atoms with Gasteiger partial charge in [0.15, 0.2) is 0 Å². The van der Waals surface area contributed by atoms with E-state index in [2.05, 4.69) is 46.4 Å². The highest BCUT2D eigenvalue weighted by Crippen LogP contribution is 2.30. The average molecular weight is 242 g/mol. The van der Waals surface area contributed by atoms with E-state index >= 15 is 0 Å². The summed E-state index contributed by atoms with van der Waals surface area (Å²) in [6.07, 6.45) is 1.35. The van der Waals surface area contributed by atoms with E-state index in [1.54, 1.807) is 0 Å². The summed E-state index contributed by atoms with van der Waals surface area (Å²) in [6, 6.07) is 1.13. The van der Waals surface area contributed by atoms with E-state index in [-0.39, 0.29) is 11.5 Å². The molecule has 1 saturated heterocycles. The molecule has 17 heavy (non-hydrogen) atoms. The van der Waals surface area contributed by atoms with Crippen LogP contribution in [0.2, 0.25) is 0 Å². The molecule has 3 nitrogen and oxygen atoms in total. The van der Waals surface area contributed by atoms with Gasteiger partial charge in [0.05, 0.1) is 12.7 Å². The first-order valence-corrected chi connectivity index (χ1v) is 6.90. The first-order chi connectivity index (χ1) is 7.77. The monoisotopic (exact) mass is 242 g/mol. The number of nitrogens with two attached hydrogens (primary N) is 1. The lowest BCUT2D eigenvalue weighted by molar-refractivity contribution is -0.0885. The van der Waals surface area contributed by atoms with E-state index in [4.69, 9.17) is 10.5 Å². The molecule has 0 aromatic rings. The zero-order valence-electron chi connectivity index (χ0n) is 12.4. The average Bonchev–Trinajstić information content (AvgIpc) is 2.21. The Hall–Kier alpha value is -0.120. The Morgan fingerprint density at radius 2 is 1.94 bits per heavy atom. The molecular formula is C14H30N2O. The van der Waals surface area contributed by atoms with Crippen LogP contribution in [0.25, 0.3) is 0 Å². The fourth-order valence-corrected chi connectivity index (χ4v) is 2.93. The molecule has 0 aliphatic carbocycles. The minimum Gasteiger partial charge on any atom is -0.376 e. The zero-order valence-corrected chi connectivity index (χ0v) is 12.4. The number of morpholine rings is 1. The quantitative estimate of drug-likeness (QED) is 0.825. The van der Waals surface area contributed by atoms with Gasteiger partial charge in [-0.1, -0.05) is 27.7 Å². The fraction of sp³-hybridized carbons (Fsp3) is 1.00. The van der Waals surface area contributed by atoms with Crippen molar-refractivity contribution in [1.29, 1.82) is 0 Å². The third-order valence-corrected chi connectivity index (χ3v) is 3.78. The van der Waals surface area contributed by atoms with Crippen LogP contribution in [-0.2, 0) is 4.74 Å². The molecule has 0 spiro atoms. The number of ether oxygens (including phenoxy) is 1. The van der Waals surface area contributed by atoms with Crippen LogP contribution in [0.15, 0.2) is 0 Å². The minimum atomic E-state index is 0.209. The molecule has 1 fully saturated rings. The van der Waals surface area contributed by atoms with Crippen molar-refractivity contribution in [3.63, 3.8) is 0 Å². The first kappa shape index (κ1) is 14.9. The third kappa shape index (κ3) is 3.67. The van der Waals surface area contributed by atoms with E-state index in [9.17, 15) is 0 Å². The number of hydrogen-bond donors (Lipinski definition) is 1. The van der Waals surface area contributed by atoms with Gasteiger partial charge in [-0.25, -0.2) is 0 Å². The summed E-state index contributed by atoms with van der Waals surface area (Å²) in [5, 5.41) is 0. The normalized spacial score (nSPS) is 31.2. The number of rotatable bonds is 3. The van der Waals surface area contributed by atoms with Gasteiger partial charge in [-0.3, -0.25) is 4.90 Å². The Morgan fingerprint density at radius 3 is 2.41 bits per heavy atom. The Morgan fingerprint density at radius 1 is 1.35 bits per heavy atom. The zero-order chi connectivity index (χ0) is 13.2. The molecule has 1 aliphatic heterocycles. The van der Waals surface area contributed by atoms with Gasteiger partial charge in [0.2, 0.25) is 0 Å². The van der Waals surface area contributed by atoms with Crippen LogP contribution >= 0.6 is 0 Å². The smallest absolute Gasteiger partial charge is 0.0674 e. The molecule has 1 rings (SSSR count). The summed E-state index contributed by atoms with van der Waals surface area (Å²) in [4.78, 5) is 2.56. The Labute approximate surface area is 107 Å². The van der Waals surface area contributed by atoms with Gasteiger partial charge >= 0.3 is 0 Å². The second kappa shape index (κ2) is 5.68. The lowest BCUT2D eigenvalue weighted by Gasteiger charge is -2.49. The van der Waals surface area contributed by atoms with Crippen molar-refractivity contribution in [2.45, 2.75) is 72.2 Å². The molecule has 0 bridgehead atoms. The maximum Gasteiger partial charge on any atom is 0.0674 e. The number of nitrogens with zero attached hydrogens (tertiary/aromatic N) is 1. The summed E-state index contributed by atoms with van der Waals surface area (Å²) < 4.78 is 5.71. The van der Waals surface area contributed by atoms with Gasteiger partial charge in [0, 0.05) is 24.7 Å². The molecular weight excluding hydrogens is 212 g/mol. The van der Waals surface area contributed by atoms with Crippen molar-refractivity contribution in [3.8, 4) is 0 Å². The SMILES string of the molecule is CCC(N)C(N1CC(C)OCC1C)C(C)(C)C. The molecule has 0 aromatic heterocycles. The second-order valence-electron chi connectivity index (χ2n) is 6.57.